The molecular formula is C13H16ClN3O. The number of hydrogen-bond donors (Lipinski definition) is 1. The Bertz CT molecular complexity index is 468. The second kappa shape index (κ2) is 6.97. The van der Waals surface area contributed by atoms with E-state index in [1.54, 1.807) is 13.0 Å². The van der Waals surface area contributed by atoms with Crippen LogP contribution in [0.5, 0.6) is 0 Å². The summed E-state index contributed by atoms with van der Waals surface area (Å²) in [5, 5.41) is 11.7. The molecule has 0 spiro atoms. The van der Waals surface area contributed by atoms with Crippen molar-refractivity contribution in [3.8, 4) is 6.07 Å². The van der Waals surface area contributed by atoms with Gasteiger partial charge in [0, 0.05) is 17.8 Å². The summed E-state index contributed by atoms with van der Waals surface area (Å²) < 4.78 is 0. The van der Waals surface area contributed by atoms with E-state index < -0.39 is 0 Å². The molecule has 0 radical (unpaired) electrons. The maximum absolute atomic E-state index is 11.9. The van der Waals surface area contributed by atoms with Gasteiger partial charge in [-0.3, -0.25) is 4.79 Å². The number of rotatable bonds is 5. The van der Waals surface area contributed by atoms with Crippen LogP contribution in [0.2, 0.25) is 5.15 Å². The Labute approximate surface area is 112 Å². The minimum Gasteiger partial charge on any atom is -0.351 e. The molecule has 1 atom stereocenters. The van der Waals surface area contributed by atoms with Crippen molar-refractivity contribution in [1.29, 1.82) is 5.26 Å². The zero-order valence-corrected chi connectivity index (χ0v) is 11.3. The third-order valence-corrected chi connectivity index (χ3v) is 2.60. The molecule has 0 fully saturated rings. The standard InChI is InChI=1S/C13H16ClN3O/c1-3-4-11-5-10(6-12(14)17-11)13(18)16-8-9(2)7-15/h5-6,9H,3-4,8H2,1-2H3,(H,16,18). The Kier molecular flexibility index (Phi) is 5.60. The molecule has 0 saturated heterocycles. The van der Waals surface area contributed by atoms with E-state index in [1.165, 1.54) is 6.07 Å². The topological polar surface area (TPSA) is 65.8 Å². The van der Waals surface area contributed by atoms with Crippen molar-refractivity contribution in [1.82, 2.24) is 10.3 Å². The molecule has 0 aliphatic rings. The van der Waals surface area contributed by atoms with Gasteiger partial charge in [-0.25, -0.2) is 4.98 Å². The number of amides is 1. The highest BCUT2D eigenvalue weighted by Crippen LogP contribution is 2.12. The second-order valence-electron chi connectivity index (χ2n) is 4.16. The number of nitriles is 1. The molecule has 0 aliphatic heterocycles. The fraction of sp³-hybridized carbons (Fsp3) is 0.462. The van der Waals surface area contributed by atoms with Gasteiger partial charge < -0.3 is 5.32 Å². The van der Waals surface area contributed by atoms with Gasteiger partial charge in [-0.05, 0) is 25.5 Å². The highest BCUT2D eigenvalue weighted by molar-refractivity contribution is 6.29. The first-order valence-corrected chi connectivity index (χ1v) is 6.29. The fourth-order valence-corrected chi connectivity index (χ4v) is 1.69. The smallest absolute Gasteiger partial charge is 0.251 e. The van der Waals surface area contributed by atoms with Gasteiger partial charge in [0.15, 0.2) is 0 Å². The number of aryl methyl sites for hydroxylation is 1. The number of hydrogen-bond acceptors (Lipinski definition) is 3. The van der Waals surface area contributed by atoms with Crippen LogP contribution in [0, 0.1) is 17.2 Å². The van der Waals surface area contributed by atoms with Crippen molar-refractivity contribution in [2.24, 2.45) is 5.92 Å². The SMILES string of the molecule is CCCc1cc(C(=O)NCC(C)C#N)cc(Cl)n1. The Hall–Kier alpha value is -1.60. The number of carbonyl (C=O) groups is 1. The molecule has 0 bridgehead atoms. The largest absolute Gasteiger partial charge is 0.351 e. The molecule has 1 amide bonds. The lowest BCUT2D eigenvalue weighted by Crippen LogP contribution is -2.28. The molecule has 0 saturated carbocycles. The van der Waals surface area contributed by atoms with Crippen molar-refractivity contribution in [2.75, 3.05) is 6.54 Å². The molecule has 0 aliphatic carbocycles. The summed E-state index contributed by atoms with van der Waals surface area (Å²) in [6, 6.07) is 5.33. The Morgan fingerprint density at radius 1 is 1.61 bits per heavy atom. The normalized spacial score (nSPS) is 11.7. The molecule has 1 aromatic heterocycles. The van der Waals surface area contributed by atoms with Gasteiger partial charge >= 0.3 is 0 Å². The summed E-state index contributed by atoms with van der Waals surface area (Å²) in [6.07, 6.45) is 1.73. The number of nitrogens with one attached hydrogen (secondary N) is 1. The third-order valence-electron chi connectivity index (χ3n) is 2.40. The summed E-state index contributed by atoms with van der Waals surface area (Å²) in [6.45, 7) is 4.12. The number of aromatic nitrogens is 1. The van der Waals surface area contributed by atoms with Crippen LogP contribution >= 0.6 is 11.6 Å². The minimum absolute atomic E-state index is 0.207. The van der Waals surface area contributed by atoms with Gasteiger partial charge in [0.1, 0.15) is 5.15 Å². The molecule has 1 heterocycles. The highest BCUT2D eigenvalue weighted by Gasteiger charge is 2.10. The van der Waals surface area contributed by atoms with E-state index in [9.17, 15) is 4.79 Å². The van der Waals surface area contributed by atoms with Crippen LogP contribution in [0.1, 0.15) is 36.3 Å². The van der Waals surface area contributed by atoms with Crippen molar-refractivity contribution in [3.63, 3.8) is 0 Å². The van der Waals surface area contributed by atoms with Crippen molar-refractivity contribution in [3.05, 3.63) is 28.5 Å². The van der Waals surface area contributed by atoms with Gasteiger partial charge in [0.2, 0.25) is 0 Å². The maximum Gasteiger partial charge on any atom is 0.251 e. The van der Waals surface area contributed by atoms with Gasteiger partial charge in [-0.15, -0.1) is 0 Å². The van der Waals surface area contributed by atoms with E-state index in [4.69, 9.17) is 16.9 Å². The maximum atomic E-state index is 11.9. The lowest BCUT2D eigenvalue weighted by Gasteiger charge is -2.08. The summed E-state index contributed by atoms with van der Waals surface area (Å²) in [5.74, 6) is -0.430. The molecule has 1 N–H and O–H groups in total. The van der Waals surface area contributed by atoms with Crippen LogP contribution in [0.25, 0.3) is 0 Å². The third kappa shape index (κ3) is 4.34. The predicted octanol–water partition coefficient (Wildman–Crippen LogP) is 2.58. The first-order chi connectivity index (χ1) is 8.56. The molecule has 1 aromatic rings. The van der Waals surface area contributed by atoms with E-state index in [0.29, 0.717) is 17.3 Å². The monoisotopic (exact) mass is 265 g/mol. The summed E-state index contributed by atoms with van der Waals surface area (Å²) in [4.78, 5) is 16.0. The molecule has 96 valence electrons. The van der Waals surface area contributed by atoms with Crippen molar-refractivity contribution >= 4 is 17.5 Å². The van der Waals surface area contributed by atoms with Gasteiger partial charge in [-0.2, -0.15) is 5.26 Å². The lowest BCUT2D eigenvalue weighted by atomic mass is 10.1. The Morgan fingerprint density at radius 2 is 2.33 bits per heavy atom. The molecule has 1 unspecified atom stereocenters. The number of pyridine rings is 1. The van der Waals surface area contributed by atoms with Gasteiger partial charge in [-0.1, -0.05) is 24.9 Å². The molecule has 4 nitrogen and oxygen atoms in total. The van der Waals surface area contributed by atoms with Crippen LogP contribution in [-0.2, 0) is 6.42 Å². The van der Waals surface area contributed by atoms with Gasteiger partial charge in [0.25, 0.3) is 5.91 Å². The van der Waals surface area contributed by atoms with Gasteiger partial charge in [0.05, 0.1) is 12.0 Å². The first-order valence-electron chi connectivity index (χ1n) is 5.91. The van der Waals surface area contributed by atoms with Crippen LogP contribution in [0.15, 0.2) is 12.1 Å². The van der Waals surface area contributed by atoms with Crippen LogP contribution < -0.4 is 5.32 Å². The van der Waals surface area contributed by atoms with E-state index in [-0.39, 0.29) is 11.8 Å². The molecule has 0 aromatic carbocycles. The number of halogens is 1. The summed E-state index contributed by atoms with van der Waals surface area (Å²) in [5.41, 5.74) is 1.30. The van der Waals surface area contributed by atoms with E-state index >= 15 is 0 Å². The Morgan fingerprint density at radius 3 is 2.94 bits per heavy atom. The average molecular weight is 266 g/mol. The number of carbonyl (C=O) groups excluding carboxylic acids is 1. The van der Waals surface area contributed by atoms with Crippen LogP contribution in [0.4, 0.5) is 0 Å². The van der Waals surface area contributed by atoms with Crippen LogP contribution in [-0.4, -0.2) is 17.4 Å². The minimum atomic E-state index is -0.223. The summed E-state index contributed by atoms with van der Waals surface area (Å²) >= 11 is 5.88. The molecule has 1 rings (SSSR count). The lowest BCUT2D eigenvalue weighted by molar-refractivity contribution is 0.0950. The first kappa shape index (κ1) is 14.5. The molecule has 5 heteroatoms. The number of nitrogens with zero attached hydrogens (tertiary/aromatic N) is 2. The fourth-order valence-electron chi connectivity index (χ4n) is 1.46. The Balaban J connectivity index is 2.76. The zero-order valence-electron chi connectivity index (χ0n) is 10.5. The van der Waals surface area contributed by atoms with Crippen LogP contribution in [0.3, 0.4) is 0 Å². The van der Waals surface area contributed by atoms with Crippen molar-refractivity contribution in [2.45, 2.75) is 26.7 Å². The van der Waals surface area contributed by atoms with Crippen molar-refractivity contribution < 1.29 is 4.79 Å². The molecular weight excluding hydrogens is 250 g/mol. The molecule has 18 heavy (non-hydrogen) atoms. The van der Waals surface area contributed by atoms with E-state index in [0.717, 1.165) is 18.5 Å². The quantitative estimate of drug-likeness (QED) is 0.832. The second-order valence-corrected chi connectivity index (χ2v) is 4.55. The predicted molar refractivity (Wildman–Crippen MR) is 70.4 cm³/mol. The highest BCUT2D eigenvalue weighted by atomic mass is 35.5. The zero-order chi connectivity index (χ0) is 13.5. The van der Waals surface area contributed by atoms with E-state index in [2.05, 4.69) is 16.4 Å². The summed E-state index contributed by atoms with van der Waals surface area (Å²) in [7, 11) is 0. The average Bonchev–Trinajstić information content (AvgIpc) is 2.35. The van der Waals surface area contributed by atoms with E-state index in [1.807, 2.05) is 6.92 Å².